The van der Waals surface area contributed by atoms with Crippen molar-refractivity contribution in [1.29, 1.82) is 0 Å². The van der Waals surface area contributed by atoms with Crippen molar-refractivity contribution < 1.29 is 9.13 Å². The molecule has 2 rings (SSSR count). The molecule has 0 saturated carbocycles. The third-order valence-electron chi connectivity index (χ3n) is 3.40. The Bertz CT molecular complexity index is 610. The van der Waals surface area contributed by atoms with Crippen LogP contribution in [0.25, 0.3) is 0 Å². The molecule has 20 heavy (non-hydrogen) atoms. The minimum atomic E-state index is -0.300. The minimum Gasteiger partial charge on any atom is -0.491 e. The van der Waals surface area contributed by atoms with Crippen LogP contribution < -0.4 is 10.5 Å². The third kappa shape index (κ3) is 3.36. The van der Waals surface area contributed by atoms with Crippen LogP contribution in [0.5, 0.6) is 5.75 Å². The van der Waals surface area contributed by atoms with Gasteiger partial charge in [-0.3, -0.25) is 0 Å². The van der Waals surface area contributed by atoms with E-state index in [9.17, 15) is 4.39 Å². The molecule has 0 spiro atoms. The quantitative estimate of drug-likeness (QED) is 0.918. The van der Waals surface area contributed by atoms with Gasteiger partial charge in [-0.1, -0.05) is 29.8 Å². The van der Waals surface area contributed by atoms with Gasteiger partial charge < -0.3 is 10.5 Å². The lowest BCUT2D eigenvalue weighted by molar-refractivity contribution is 0.287. The molecule has 0 amide bonds. The predicted octanol–water partition coefficient (Wildman–Crippen LogP) is 3.83. The highest BCUT2D eigenvalue weighted by molar-refractivity contribution is 5.34. The summed E-state index contributed by atoms with van der Waals surface area (Å²) in [5, 5.41) is 0. The first-order chi connectivity index (χ1) is 9.47. The Labute approximate surface area is 119 Å². The molecule has 106 valence electrons. The molecule has 0 aliphatic rings. The van der Waals surface area contributed by atoms with Gasteiger partial charge in [-0.2, -0.15) is 0 Å². The standard InChI is InChI=1S/C17H20FNO/c1-11-4-5-12(2)15(8-11)16(19)10-20-17-9-14(18)7-6-13(17)3/h4-9,16H,10,19H2,1-3H3. The van der Waals surface area contributed by atoms with Crippen LogP contribution >= 0.6 is 0 Å². The van der Waals surface area contributed by atoms with Gasteiger partial charge in [-0.05, 0) is 43.5 Å². The highest BCUT2D eigenvalue weighted by Crippen LogP contribution is 2.22. The molecule has 0 heterocycles. The Morgan fingerprint density at radius 2 is 1.75 bits per heavy atom. The lowest BCUT2D eigenvalue weighted by atomic mass is 10.00. The van der Waals surface area contributed by atoms with Crippen molar-refractivity contribution in [1.82, 2.24) is 0 Å². The summed E-state index contributed by atoms with van der Waals surface area (Å²) in [6, 6.07) is 10.5. The first kappa shape index (κ1) is 14.5. The van der Waals surface area contributed by atoms with Gasteiger partial charge in [0.05, 0.1) is 6.04 Å². The Hall–Kier alpha value is -1.87. The molecule has 0 radical (unpaired) electrons. The molecule has 0 aliphatic carbocycles. The van der Waals surface area contributed by atoms with Gasteiger partial charge in [-0.25, -0.2) is 4.39 Å². The van der Waals surface area contributed by atoms with E-state index in [1.54, 1.807) is 6.07 Å². The second-order valence-electron chi connectivity index (χ2n) is 5.19. The smallest absolute Gasteiger partial charge is 0.126 e. The lowest BCUT2D eigenvalue weighted by Crippen LogP contribution is -2.20. The molecular formula is C17H20FNO. The Morgan fingerprint density at radius 1 is 1.05 bits per heavy atom. The zero-order valence-corrected chi connectivity index (χ0v) is 12.1. The minimum absolute atomic E-state index is 0.224. The van der Waals surface area contributed by atoms with Gasteiger partial charge in [0, 0.05) is 6.07 Å². The van der Waals surface area contributed by atoms with Crippen LogP contribution in [0.3, 0.4) is 0 Å². The highest BCUT2D eigenvalue weighted by atomic mass is 19.1. The molecule has 0 fully saturated rings. The van der Waals surface area contributed by atoms with E-state index >= 15 is 0 Å². The average Bonchev–Trinajstić information content (AvgIpc) is 2.42. The van der Waals surface area contributed by atoms with Gasteiger partial charge >= 0.3 is 0 Å². The first-order valence-corrected chi connectivity index (χ1v) is 6.69. The second kappa shape index (κ2) is 6.06. The molecule has 2 aromatic rings. The molecule has 0 aliphatic heterocycles. The zero-order chi connectivity index (χ0) is 14.7. The summed E-state index contributed by atoms with van der Waals surface area (Å²) >= 11 is 0. The van der Waals surface area contributed by atoms with Crippen molar-refractivity contribution in [2.75, 3.05) is 6.61 Å². The van der Waals surface area contributed by atoms with Crippen LogP contribution in [0.2, 0.25) is 0 Å². The van der Waals surface area contributed by atoms with Gasteiger partial charge in [0.2, 0.25) is 0 Å². The molecule has 1 unspecified atom stereocenters. The van der Waals surface area contributed by atoms with E-state index in [0.717, 1.165) is 16.7 Å². The summed E-state index contributed by atoms with van der Waals surface area (Å²) in [4.78, 5) is 0. The van der Waals surface area contributed by atoms with Gasteiger partial charge in [0.15, 0.2) is 0 Å². The summed E-state index contributed by atoms with van der Waals surface area (Å²) in [7, 11) is 0. The van der Waals surface area contributed by atoms with Crippen LogP contribution in [-0.4, -0.2) is 6.61 Å². The first-order valence-electron chi connectivity index (χ1n) is 6.69. The Morgan fingerprint density at radius 3 is 2.50 bits per heavy atom. The fourth-order valence-corrected chi connectivity index (χ4v) is 2.16. The number of ether oxygens (including phenoxy) is 1. The Kier molecular flexibility index (Phi) is 4.40. The number of benzene rings is 2. The van der Waals surface area contributed by atoms with E-state index in [0.29, 0.717) is 12.4 Å². The number of aryl methyl sites for hydroxylation is 3. The van der Waals surface area contributed by atoms with Crippen molar-refractivity contribution in [3.05, 3.63) is 64.5 Å². The molecule has 2 aromatic carbocycles. The number of nitrogens with two attached hydrogens (primary N) is 1. The summed E-state index contributed by atoms with van der Waals surface area (Å²) < 4.78 is 18.9. The lowest BCUT2D eigenvalue weighted by Gasteiger charge is -2.17. The highest BCUT2D eigenvalue weighted by Gasteiger charge is 2.11. The van der Waals surface area contributed by atoms with Gasteiger partial charge in [0.25, 0.3) is 0 Å². The third-order valence-corrected chi connectivity index (χ3v) is 3.40. The van der Waals surface area contributed by atoms with E-state index in [1.165, 1.54) is 17.7 Å². The molecule has 2 nitrogen and oxygen atoms in total. The zero-order valence-electron chi connectivity index (χ0n) is 12.1. The fourth-order valence-electron chi connectivity index (χ4n) is 2.16. The molecule has 0 aromatic heterocycles. The molecule has 0 saturated heterocycles. The van der Waals surface area contributed by atoms with E-state index < -0.39 is 0 Å². The van der Waals surface area contributed by atoms with E-state index in [4.69, 9.17) is 10.5 Å². The van der Waals surface area contributed by atoms with Crippen LogP contribution in [0.1, 0.15) is 28.3 Å². The number of rotatable bonds is 4. The molecule has 1 atom stereocenters. The number of hydrogen-bond acceptors (Lipinski definition) is 2. The van der Waals surface area contributed by atoms with Crippen molar-refractivity contribution in [2.24, 2.45) is 5.73 Å². The molecular weight excluding hydrogens is 253 g/mol. The van der Waals surface area contributed by atoms with Crippen molar-refractivity contribution >= 4 is 0 Å². The summed E-state index contributed by atoms with van der Waals surface area (Å²) in [5.74, 6) is 0.247. The van der Waals surface area contributed by atoms with Crippen molar-refractivity contribution in [3.63, 3.8) is 0 Å². The summed E-state index contributed by atoms with van der Waals surface area (Å²) in [6.45, 7) is 6.28. The SMILES string of the molecule is Cc1ccc(C)c(C(N)COc2cc(F)ccc2C)c1. The summed E-state index contributed by atoms with van der Waals surface area (Å²) in [6.07, 6.45) is 0. The van der Waals surface area contributed by atoms with Gasteiger partial charge in [-0.15, -0.1) is 0 Å². The van der Waals surface area contributed by atoms with Crippen LogP contribution in [0.4, 0.5) is 4.39 Å². The Balaban J connectivity index is 2.10. The van der Waals surface area contributed by atoms with Crippen molar-refractivity contribution in [2.45, 2.75) is 26.8 Å². The monoisotopic (exact) mass is 273 g/mol. The van der Waals surface area contributed by atoms with Gasteiger partial charge in [0.1, 0.15) is 18.2 Å². The topological polar surface area (TPSA) is 35.2 Å². The van der Waals surface area contributed by atoms with E-state index in [1.807, 2.05) is 20.8 Å². The molecule has 2 N–H and O–H groups in total. The maximum atomic E-state index is 13.2. The van der Waals surface area contributed by atoms with Crippen molar-refractivity contribution in [3.8, 4) is 5.75 Å². The maximum Gasteiger partial charge on any atom is 0.126 e. The van der Waals surface area contributed by atoms with E-state index in [2.05, 4.69) is 18.2 Å². The molecule has 3 heteroatoms. The van der Waals surface area contributed by atoms with Crippen LogP contribution in [-0.2, 0) is 0 Å². The maximum absolute atomic E-state index is 13.2. The van der Waals surface area contributed by atoms with E-state index in [-0.39, 0.29) is 11.9 Å². The van der Waals surface area contributed by atoms with Crippen LogP contribution in [0.15, 0.2) is 36.4 Å². The largest absolute Gasteiger partial charge is 0.491 e. The predicted molar refractivity (Wildman–Crippen MR) is 79.5 cm³/mol. The second-order valence-corrected chi connectivity index (χ2v) is 5.19. The average molecular weight is 273 g/mol. The fraction of sp³-hybridized carbons (Fsp3) is 0.294. The normalized spacial score (nSPS) is 12.2. The molecule has 0 bridgehead atoms. The number of halogens is 1. The summed E-state index contributed by atoms with van der Waals surface area (Å²) in [5.41, 5.74) is 10.5. The number of hydrogen-bond donors (Lipinski definition) is 1. The van der Waals surface area contributed by atoms with Crippen LogP contribution in [0, 0.1) is 26.6 Å².